The zero-order valence-electron chi connectivity index (χ0n) is 11.6. The molecule has 0 radical (unpaired) electrons. The molecule has 0 spiro atoms. The van der Waals surface area contributed by atoms with Gasteiger partial charge < -0.3 is 15.2 Å². The maximum atomic E-state index is 11.3. The minimum absolute atomic E-state index is 0.259. The minimum atomic E-state index is -0.293. The van der Waals surface area contributed by atoms with Crippen molar-refractivity contribution in [2.45, 2.75) is 25.9 Å². The van der Waals surface area contributed by atoms with Crippen LogP contribution < -0.4 is 15.2 Å². The van der Waals surface area contributed by atoms with E-state index in [-0.39, 0.29) is 11.9 Å². The maximum Gasteiger partial charge on any atom is 0.234 e. The molecule has 2 N–H and O–H groups in total. The lowest BCUT2D eigenvalue weighted by Crippen LogP contribution is -2.45. The van der Waals surface area contributed by atoms with E-state index in [0.717, 1.165) is 30.0 Å². The molecule has 0 saturated carbocycles. The van der Waals surface area contributed by atoms with Crippen molar-refractivity contribution in [1.82, 2.24) is 4.90 Å². The Balaban J connectivity index is 2.31. The fraction of sp³-hybridized carbons (Fsp3) is 0.500. The van der Waals surface area contributed by atoms with Crippen LogP contribution in [0.15, 0.2) is 12.1 Å². The molecule has 2 rings (SSSR count). The van der Waals surface area contributed by atoms with Crippen molar-refractivity contribution >= 4 is 5.91 Å². The third-order valence-electron chi connectivity index (χ3n) is 3.71. The van der Waals surface area contributed by atoms with Crippen LogP contribution in [0.5, 0.6) is 11.5 Å². The second kappa shape index (κ2) is 5.48. The van der Waals surface area contributed by atoms with E-state index in [4.69, 9.17) is 15.2 Å². The van der Waals surface area contributed by atoms with Crippen LogP contribution in [0, 0.1) is 0 Å². The van der Waals surface area contributed by atoms with Gasteiger partial charge in [0.2, 0.25) is 5.91 Å². The highest BCUT2D eigenvalue weighted by molar-refractivity contribution is 5.79. The average molecular weight is 264 g/mol. The molecule has 5 nitrogen and oxygen atoms in total. The average Bonchev–Trinajstić information content (AvgIpc) is 2.44. The Kier molecular flexibility index (Phi) is 3.95. The van der Waals surface area contributed by atoms with Crippen LogP contribution in [0.4, 0.5) is 0 Å². The summed E-state index contributed by atoms with van der Waals surface area (Å²) < 4.78 is 10.7. The third-order valence-corrected chi connectivity index (χ3v) is 3.71. The molecule has 0 fully saturated rings. The first-order valence-corrected chi connectivity index (χ1v) is 6.34. The van der Waals surface area contributed by atoms with Crippen molar-refractivity contribution in [2.75, 3.05) is 20.8 Å². The zero-order valence-corrected chi connectivity index (χ0v) is 11.6. The van der Waals surface area contributed by atoms with Crippen LogP contribution in [0.3, 0.4) is 0 Å². The number of methoxy groups -OCH3 is 2. The SMILES string of the molecule is COc1cc2c(c(OC)c1)CCN(C(C)C(N)=O)C2. The molecule has 1 aromatic carbocycles. The van der Waals surface area contributed by atoms with Crippen LogP contribution in [0.25, 0.3) is 0 Å². The van der Waals surface area contributed by atoms with Gasteiger partial charge >= 0.3 is 0 Å². The molecule has 1 heterocycles. The maximum absolute atomic E-state index is 11.3. The summed E-state index contributed by atoms with van der Waals surface area (Å²) in [6, 6.07) is 3.63. The second-order valence-corrected chi connectivity index (χ2v) is 4.77. The highest BCUT2D eigenvalue weighted by atomic mass is 16.5. The van der Waals surface area contributed by atoms with E-state index >= 15 is 0 Å². The molecule has 1 aromatic rings. The van der Waals surface area contributed by atoms with Crippen LogP contribution in [0.2, 0.25) is 0 Å². The summed E-state index contributed by atoms with van der Waals surface area (Å²) in [6.45, 7) is 3.33. The number of ether oxygens (including phenoxy) is 2. The van der Waals surface area contributed by atoms with Crippen LogP contribution in [0.1, 0.15) is 18.1 Å². The number of rotatable bonds is 4. The molecule has 1 atom stereocenters. The smallest absolute Gasteiger partial charge is 0.234 e. The Labute approximate surface area is 113 Å². The molecule has 19 heavy (non-hydrogen) atoms. The van der Waals surface area contributed by atoms with E-state index in [1.54, 1.807) is 14.2 Å². The number of carbonyl (C=O) groups excluding carboxylic acids is 1. The van der Waals surface area contributed by atoms with Gasteiger partial charge in [0.25, 0.3) is 0 Å². The number of hydrogen-bond acceptors (Lipinski definition) is 4. The molecule has 0 aliphatic carbocycles. The number of amides is 1. The Bertz CT molecular complexity index is 488. The number of nitrogens with two attached hydrogens (primary N) is 1. The molecule has 1 aliphatic rings. The standard InChI is InChI=1S/C14H20N2O3/c1-9(14(15)17)16-5-4-12-10(8-16)6-11(18-2)7-13(12)19-3/h6-7,9H,4-5,8H2,1-3H3,(H2,15,17). The summed E-state index contributed by atoms with van der Waals surface area (Å²) in [5, 5.41) is 0. The summed E-state index contributed by atoms with van der Waals surface area (Å²) in [6.07, 6.45) is 0.847. The quantitative estimate of drug-likeness (QED) is 0.879. The molecule has 1 aliphatic heterocycles. The fourth-order valence-electron chi connectivity index (χ4n) is 2.46. The highest BCUT2D eigenvalue weighted by Crippen LogP contribution is 2.33. The van der Waals surface area contributed by atoms with E-state index < -0.39 is 0 Å². The van der Waals surface area contributed by atoms with Gasteiger partial charge in [0.05, 0.1) is 20.3 Å². The number of benzene rings is 1. The first-order valence-electron chi connectivity index (χ1n) is 6.34. The van der Waals surface area contributed by atoms with Gasteiger partial charge in [-0.2, -0.15) is 0 Å². The van der Waals surface area contributed by atoms with Gasteiger partial charge in [0, 0.05) is 24.7 Å². The van der Waals surface area contributed by atoms with Crippen LogP contribution >= 0.6 is 0 Å². The first kappa shape index (κ1) is 13.7. The summed E-state index contributed by atoms with van der Waals surface area (Å²) in [4.78, 5) is 13.4. The lowest BCUT2D eigenvalue weighted by molar-refractivity contribution is -0.123. The lowest BCUT2D eigenvalue weighted by Gasteiger charge is -2.33. The largest absolute Gasteiger partial charge is 0.497 e. The number of nitrogens with zero attached hydrogens (tertiary/aromatic N) is 1. The molecule has 0 aromatic heterocycles. The molecule has 0 bridgehead atoms. The number of primary amides is 1. The van der Waals surface area contributed by atoms with Gasteiger partial charge in [-0.3, -0.25) is 9.69 Å². The molecule has 1 amide bonds. The normalized spacial score (nSPS) is 16.6. The van der Waals surface area contributed by atoms with Gasteiger partial charge in [-0.05, 0) is 25.0 Å². The molecule has 0 saturated heterocycles. The predicted molar refractivity (Wildman–Crippen MR) is 72.3 cm³/mol. The van der Waals surface area contributed by atoms with Gasteiger partial charge in [0.1, 0.15) is 11.5 Å². The summed E-state index contributed by atoms with van der Waals surface area (Å²) in [5.41, 5.74) is 7.69. The van der Waals surface area contributed by atoms with Crippen molar-refractivity contribution in [1.29, 1.82) is 0 Å². The van der Waals surface area contributed by atoms with Crippen molar-refractivity contribution in [3.8, 4) is 11.5 Å². The number of fused-ring (bicyclic) bond motifs is 1. The van der Waals surface area contributed by atoms with E-state index in [0.29, 0.717) is 6.54 Å². The molecular weight excluding hydrogens is 244 g/mol. The monoisotopic (exact) mass is 264 g/mol. The van der Waals surface area contributed by atoms with Crippen molar-refractivity contribution in [3.05, 3.63) is 23.3 Å². The molecular formula is C14H20N2O3. The Hall–Kier alpha value is -1.75. The number of hydrogen-bond donors (Lipinski definition) is 1. The van der Waals surface area contributed by atoms with Gasteiger partial charge in [-0.15, -0.1) is 0 Å². The van der Waals surface area contributed by atoms with Crippen molar-refractivity contribution < 1.29 is 14.3 Å². The Morgan fingerprint density at radius 3 is 2.68 bits per heavy atom. The predicted octanol–water partition coefficient (Wildman–Crippen LogP) is 0.936. The zero-order chi connectivity index (χ0) is 14.0. The van der Waals surface area contributed by atoms with E-state index in [1.807, 2.05) is 19.1 Å². The summed E-state index contributed by atoms with van der Waals surface area (Å²) in [7, 11) is 3.29. The third kappa shape index (κ3) is 2.66. The fourth-order valence-corrected chi connectivity index (χ4v) is 2.46. The summed E-state index contributed by atoms with van der Waals surface area (Å²) in [5.74, 6) is 1.32. The summed E-state index contributed by atoms with van der Waals surface area (Å²) >= 11 is 0. The van der Waals surface area contributed by atoms with Gasteiger partial charge in [-0.1, -0.05) is 0 Å². The van der Waals surface area contributed by atoms with Gasteiger partial charge in [0.15, 0.2) is 0 Å². The Morgan fingerprint density at radius 1 is 1.37 bits per heavy atom. The van der Waals surface area contributed by atoms with E-state index in [1.165, 1.54) is 5.56 Å². The first-order chi connectivity index (χ1) is 9.06. The van der Waals surface area contributed by atoms with Crippen molar-refractivity contribution in [2.24, 2.45) is 5.73 Å². The number of carbonyl (C=O) groups is 1. The topological polar surface area (TPSA) is 64.8 Å². The van der Waals surface area contributed by atoms with Gasteiger partial charge in [-0.25, -0.2) is 0 Å². The van der Waals surface area contributed by atoms with Crippen LogP contribution in [-0.4, -0.2) is 37.6 Å². The minimum Gasteiger partial charge on any atom is -0.497 e. The second-order valence-electron chi connectivity index (χ2n) is 4.77. The highest BCUT2D eigenvalue weighted by Gasteiger charge is 2.26. The van der Waals surface area contributed by atoms with E-state index in [9.17, 15) is 4.79 Å². The Morgan fingerprint density at radius 2 is 2.11 bits per heavy atom. The lowest BCUT2D eigenvalue weighted by atomic mass is 9.97. The molecule has 5 heteroatoms. The molecule has 104 valence electrons. The van der Waals surface area contributed by atoms with E-state index in [2.05, 4.69) is 4.90 Å². The van der Waals surface area contributed by atoms with Crippen molar-refractivity contribution in [3.63, 3.8) is 0 Å². The van der Waals surface area contributed by atoms with Crippen LogP contribution in [-0.2, 0) is 17.8 Å². The molecule has 1 unspecified atom stereocenters.